The molecule has 2 aromatic carbocycles. The summed E-state index contributed by atoms with van der Waals surface area (Å²) in [5.74, 6) is 1.70. The maximum absolute atomic E-state index is 13.4. The maximum atomic E-state index is 13.4. The number of aryl methyl sites for hydroxylation is 1. The van der Waals surface area contributed by atoms with Crippen LogP contribution in [0.2, 0.25) is 0 Å². The van der Waals surface area contributed by atoms with E-state index in [4.69, 9.17) is 23.6 Å². The third-order valence-corrected chi connectivity index (χ3v) is 6.26. The van der Waals surface area contributed by atoms with Crippen molar-refractivity contribution < 1.29 is 23.4 Å². The number of pyridine rings is 1. The Kier molecular flexibility index (Phi) is 6.66. The number of methoxy groups -OCH3 is 2. The molecule has 2 heterocycles. The lowest BCUT2D eigenvalue weighted by Gasteiger charge is -2.22. The lowest BCUT2D eigenvalue weighted by Crippen LogP contribution is -2.15. The molecule has 0 saturated heterocycles. The second kappa shape index (κ2) is 10.2. The largest absolute Gasteiger partial charge is 0.493 e. The van der Waals surface area contributed by atoms with E-state index in [2.05, 4.69) is 16.3 Å². The number of fused-ring (bicyclic) bond motifs is 2. The molecule has 0 aliphatic heterocycles. The summed E-state index contributed by atoms with van der Waals surface area (Å²) < 4.78 is 22.0. The van der Waals surface area contributed by atoms with Crippen molar-refractivity contribution in [3.8, 4) is 11.5 Å². The number of hydrogen-bond acceptors (Lipinski definition) is 8. The van der Waals surface area contributed by atoms with Crippen molar-refractivity contribution in [3.63, 3.8) is 0 Å². The van der Waals surface area contributed by atoms with E-state index < -0.39 is 5.97 Å². The van der Waals surface area contributed by atoms with Gasteiger partial charge in [-0.1, -0.05) is 31.2 Å². The van der Waals surface area contributed by atoms with Crippen molar-refractivity contribution in [2.45, 2.75) is 39.2 Å². The quantitative estimate of drug-likeness (QED) is 0.320. The molecule has 8 nitrogen and oxygen atoms in total. The maximum Gasteiger partial charge on any atom is 0.339 e. The first-order valence-electron chi connectivity index (χ1n) is 11.9. The van der Waals surface area contributed by atoms with Crippen LogP contribution in [0.25, 0.3) is 22.6 Å². The summed E-state index contributed by atoms with van der Waals surface area (Å²) in [4.78, 5) is 18.4. The predicted octanol–water partition coefficient (Wildman–Crippen LogP) is 5.43. The van der Waals surface area contributed by atoms with E-state index in [9.17, 15) is 4.79 Å². The van der Waals surface area contributed by atoms with Crippen LogP contribution in [-0.4, -0.2) is 35.4 Å². The molecule has 1 aliphatic carbocycles. The number of benzene rings is 2. The SMILES string of the molecule is CCc1nnc(COC(=O)c2c3c(nc4ccccc24)C(=Cc2ccc(OC)c(OC)c2)CCC3)o1. The minimum Gasteiger partial charge on any atom is -0.493 e. The molecule has 4 aromatic rings. The molecule has 5 rings (SSSR count). The van der Waals surface area contributed by atoms with Gasteiger partial charge >= 0.3 is 5.97 Å². The molecule has 36 heavy (non-hydrogen) atoms. The highest BCUT2D eigenvalue weighted by Crippen LogP contribution is 2.37. The number of carbonyl (C=O) groups excluding carboxylic acids is 1. The van der Waals surface area contributed by atoms with Gasteiger partial charge in [-0.3, -0.25) is 0 Å². The highest BCUT2D eigenvalue weighted by molar-refractivity contribution is 6.06. The van der Waals surface area contributed by atoms with Crippen molar-refractivity contribution >= 4 is 28.5 Å². The number of nitrogens with zero attached hydrogens (tertiary/aromatic N) is 3. The van der Waals surface area contributed by atoms with Crippen LogP contribution in [0.3, 0.4) is 0 Å². The molecule has 0 N–H and O–H groups in total. The summed E-state index contributed by atoms with van der Waals surface area (Å²) in [5, 5.41) is 8.66. The van der Waals surface area contributed by atoms with Crippen LogP contribution in [0.5, 0.6) is 11.5 Å². The third kappa shape index (κ3) is 4.54. The molecule has 0 bridgehead atoms. The van der Waals surface area contributed by atoms with Crippen molar-refractivity contribution in [2.75, 3.05) is 14.2 Å². The first kappa shape index (κ1) is 23.5. The fourth-order valence-electron chi connectivity index (χ4n) is 4.54. The molecule has 0 saturated carbocycles. The average molecular weight is 486 g/mol. The molecular formula is C28H27N3O5. The molecule has 0 amide bonds. The first-order valence-corrected chi connectivity index (χ1v) is 11.9. The molecular weight excluding hydrogens is 458 g/mol. The van der Waals surface area contributed by atoms with Crippen LogP contribution in [0, 0.1) is 0 Å². The van der Waals surface area contributed by atoms with E-state index in [1.54, 1.807) is 14.2 Å². The van der Waals surface area contributed by atoms with Crippen molar-refractivity contribution in [1.82, 2.24) is 15.2 Å². The molecule has 0 unspecified atom stereocenters. The standard InChI is InChI=1S/C28H27N3O5/c1-4-24-30-31-25(36-24)16-35-28(32)26-19-9-5-6-11-21(19)29-27-18(8-7-10-20(26)27)14-17-12-13-22(33-2)23(15-17)34-3/h5-6,9,11-15H,4,7-8,10,16H2,1-3H3. The van der Waals surface area contributed by atoms with Gasteiger partial charge in [0.1, 0.15) is 0 Å². The Balaban J connectivity index is 1.55. The van der Waals surface area contributed by atoms with Gasteiger partial charge in [0.15, 0.2) is 18.1 Å². The highest BCUT2D eigenvalue weighted by atomic mass is 16.5. The first-order chi connectivity index (χ1) is 17.6. The third-order valence-electron chi connectivity index (χ3n) is 6.26. The Morgan fingerprint density at radius 3 is 2.61 bits per heavy atom. The number of allylic oxidation sites excluding steroid dienone is 1. The van der Waals surface area contributed by atoms with Crippen LogP contribution in [0.15, 0.2) is 46.9 Å². The summed E-state index contributed by atoms with van der Waals surface area (Å²) >= 11 is 0. The normalized spacial score (nSPS) is 14.0. The zero-order valence-electron chi connectivity index (χ0n) is 20.5. The molecule has 184 valence electrons. The summed E-state index contributed by atoms with van der Waals surface area (Å²) in [6.45, 7) is 1.84. The van der Waals surface area contributed by atoms with Gasteiger partial charge in [0, 0.05) is 11.8 Å². The lowest BCUT2D eigenvalue weighted by atomic mass is 9.86. The van der Waals surface area contributed by atoms with E-state index in [-0.39, 0.29) is 12.5 Å². The van der Waals surface area contributed by atoms with Crippen LogP contribution >= 0.6 is 0 Å². The van der Waals surface area contributed by atoms with Crippen LogP contribution in [0.1, 0.15) is 58.7 Å². The molecule has 0 atom stereocenters. The topological polar surface area (TPSA) is 96.6 Å². The van der Waals surface area contributed by atoms with Crippen LogP contribution < -0.4 is 9.47 Å². The number of para-hydroxylation sites is 1. The van der Waals surface area contributed by atoms with Gasteiger partial charge in [0.2, 0.25) is 5.89 Å². The van der Waals surface area contributed by atoms with Gasteiger partial charge < -0.3 is 18.6 Å². The minimum atomic E-state index is -0.423. The second-order valence-electron chi connectivity index (χ2n) is 8.49. The smallest absolute Gasteiger partial charge is 0.339 e. The number of ether oxygens (including phenoxy) is 3. The number of carbonyl (C=O) groups is 1. The predicted molar refractivity (Wildman–Crippen MR) is 135 cm³/mol. The fraction of sp³-hybridized carbons (Fsp3) is 0.286. The number of rotatable bonds is 7. The highest BCUT2D eigenvalue weighted by Gasteiger charge is 2.26. The van der Waals surface area contributed by atoms with Gasteiger partial charge in [0.25, 0.3) is 5.89 Å². The summed E-state index contributed by atoms with van der Waals surface area (Å²) in [7, 11) is 3.23. The Hall–Kier alpha value is -4.20. The number of aromatic nitrogens is 3. The van der Waals surface area contributed by atoms with E-state index in [0.29, 0.717) is 29.4 Å². The van der Waals surface area contributed by atoms with Crippen LogP contribution in [-0.2, 0) is 24.2 Å². The van der Waals surface area contributed by atoms with Crippen molar-refractivity contribution in [1.29, 1.82) is 0 Å². The zero-order chi connectivity index (χ0) is 25.1. The molecule has 8 heteroatoms. The van der Waals surface area contributed by atoms with E-state index in [1.165, 1.54) is 0 Å². The Morgan fingerprint density at radius 1 is 1.03 bits per heavy atom. The fourth-order valence-corrected chi connectivity index (χ4v) is 4.54. The molecule has 0 spiro atoms. The summed E-state index contributed by atoms with van der Waals surface area (Å²) in [6.07, 6.45) is 5.21. The number of hydrogen-bond donors (Lipinski definition) is 0. The molecule has 2 aromatic heterocycles. The van der Waals surface area contributed by atoms with Gasteiger partial charge in [0.05, 0.1) is 31.0 Å². The molecule has 0 radical (unpaired) electrons. The monoisotopic (exact) mass is 485 g/mol. The van der Waals surface area contributed by atoms with Gasteiger partial charge in [-0.05, 0) is 60.2 Å². The summed E-state index contributed by atoms with van der Waals surface area (Å²) in [6, 6.07) is 13.4. The van der Waals surface area contributed by atoms with Crippen LogP contribution in [0.4, 0.5) is 0 Å². The lowest BCUT2D eigenvalue weighted by molar-refractivity contribution is 0.0437. The Labute approximate surface area is 208 Å². The Morgan fingerprint density at radius 2 is 1.83 bits per heavy atom. The number of esters is 1. The second-order valence-corrected chi connectivity index (χ2v) is 8.49. The van der Waals surface area contributed by atoms with E-state index in [1.807, 2.05) is 49.4 Å². The van der Waals surface area contributed by atoms with Crippen molar-refractivity contribution in [2.24, 2.45) is 0 Å². The zero-order valence-corrected chi connectivity index (χ0v) is 20.5. The van der Waals surface area contributed by atoms with Gasteiger partial charge in [-0.15, -0.1) is 10.2 Å². The van der Waals surface area contributed by atoms with E-state index in [0.717, 1.165) is 52.6 Å². The van der Waals surface area contributed by atoms with Gasteiger partial charge in [-0.2, -0.15) is 0 Å². The van der Waals surface area contributed by atoms with Crippen molar-refractivity contribution in [3.05, 3.63) is 76.6 Å². The summed E-state index contributed by atoms with van der Waals surface area (Å²) in [5.41, 5.74) is 5.05. The van der Waals surface area contributed by atoms with Gasteiger partial charge in [-0.25, -0.2) is 9.78 Å². The Bertz CT molecular complexity index is 1460. The average Bonchev–Trinajstić information content (AvgIpc) is 3.39. The molecule has 0 fully saturated rings. The minimum absolute atomic E-state index is 0.0778. The molecule has 1 aliphatic rings. The van der Waals surface area contributed by atoms with E-state index >= 15 is 0 Å².